The Bertz CT molecular complexity index is 1400. The van der Waals surface area contributed by atoms with E-state index in [0.29, 0.717) is 6.07 Å². The molecule has 4 N–H and O–H groups in total. The summed E-state index contributed by atoms with van der Waals surface area (Å²) in [7, 11) is -3.15. The highest BCUT2D eigenvalue weighted by Gasteiger charge is 2.28. The molecule has 0 aliphatic carbocycles. The number of phenolic OH excluding ortho intramolecular Hbond substituents is 2. The van der Waals surface area contributed by atoms with Crippen molar-refractivity contribution in [1.29, 1.82) is 0 Å². The molecular weight excluding hydrogens is 520 g/mol. The molecule has 0 fully saturated rings. The Hall–Kier alpha value is -3.90. The molecule has 3 aromatic rings. The lowest BCUT2D eigenvalue weighted by Gasteiger charge is -2.25. The van der Waals surface area contributed by atoms with Crippen LogP contribution in [0.25, 0.3) is 0 Å². The second-order valence-corrected chi connectivity index (χ2v) is 9.67. The number of carbonyl (C=O) groups excluding carboxylic acids is 2. The van der Waals surface area contributed by atoms with Gasteiger partial charge >= 0.3 is 6.03 Å². The maximum Gasteiger partial charge on any atom is 0.329 e. The predicted octanol–water partition coefficient (Wildman–Crippen LogP) is 3.29. The molecule has 9 nitrogen and oxygen atoms in total. The van der Waals surface area contributed by atoms with Crippen molar-refractivity contribution in [3.05, 3.63) is 82.9 Å². The third-order valence-corrected chi connectivity index (χ3v) is 6.83. The summed E-state index contributed by atoms with van der Waals surface area (Å²) < 4.78 is 54.4. The minimum absolute atomic E-state index is 0.00191. The van der Waals surface area contributed by atoms with E-state index in [4.69, 9.17) is 11.6 Å². The summed E-state index contributed by atoms with van der Waals surface area (Å²) in [5, 5.41) is 21.3. The van der Waals surface area contributed by atoms with Gasteiger partial charge < -0.3 is 20.4 Å². The number of nitrogens with zero attached hydrogens (tertiary/aromatic N) is 1. The molecule has 0 aromatic heterocycles. The van der Waals surface area contributed by atoms with E-state index in [0.717, 1.165) is 29.2 Å². The van der Waals surface area contributed by atoms with Crippen LogP contribution in [0, 0.1) is 11.6 Å². The fourth-order valence-electron chi connectivity index (χ4n) is 3.27. The SMILES string of the molecule is CN(C(=O)C(Cc1cc(F)cc(F)c1)NC(=O)NS(=O)(=O)c1ccccc1Cl)c1ccc(O)c(O)c1. The number of benzene rings is 3. The number of nitrogens with one attached hydrogen (secondary N) is 2. The van der Waals surface area contributed by atoms with Crippen molar-refractivity contribution in [2.24, 2.45) is 0 Å². The molecular formula is C23H20ClF2N3O6S. The zero-order valence-corrected chi connectivity index (χ0v) is 20.1. The Morgan fingerprint density at radius 1 is 1.00 bits per heavy atom. The Labute approximate surface area is 210 Å². The van der Waals surface area contributed by atoms with Gasteiger partial charge in [0.05, 0.1) is 5.02 Å². The smallest absolute Gasteiger partial charge is 0.329 e. The van der Waals surface area contributed by atoms with Crippen molar-refractivity contribution in [3.8, 4) is 11.5 Å². The number of sulfonamides is 1. The van der Waals surface area contributed by atoms with Gasteiger partial charge in [0, 0.05) is 31.3 Å². The number of halogens is 3. The first kappa shape index (κ1) is 26.7. The van der Waals surface area contributed by atoms with E-state index in [1.807, 2.05) is 0 Å². The van der Waals surface area contributed by atoms with Crippen molar-refractivity contribution < 1.29 is 37.0 Å². The number of amides is 3. The number of aromatic hydroxyl groups is 2. The van der Waals surface area contributed by atoms with Crippen LogP contribution in [0.1, 0.15) is 5.56 Å². The van der Waals surface area contributed by atoms with Gasteiger partial charge in [-0.05, 0) is 42.0 Å². The Morgan fingerprint density at radius 3 is 2.25 bits per heavy atom. The number of likely N-dealkylation sites (N-methyl/N-ethyl adjacent to an activating group) is 1. The molecule has 0 spiro atoms. The third kappa shape index (κ3) is 6.40. The van der Waals surface area contributed by atoms with Gasteiger partial charge in [-0.3, -0.25) is 4.79 Å². The van der Waals surface area contributed by atoms with Gasteiger partial charge in [-0.15, -0.1) is 0 Å². The molecule has 0 aliphatic heterocycles. The van der Waals surface area contributed by atoms with Gasteiger partial charge in [0.2, 0.25) is 5.91 Å². The zero-order chi connectivity index (χ0) is 26.6. The molecule has 36 heavy (non-hydrogen) atoms. The predicted molar refractivity (Wildman–Crippen MR) is 127 cm³/mol. The van der Waals surface area contributed by atoms with Crippen LogP contribution in [0.4, 0.5) is 19.3 Å². The maximum absolute atomic E-state index is 13.7. The third-order valence-electron chi connectivity index (χ3n) is 5.00. The van der Waals surface area contributed by atoms with Crippen molar-refractivity contribution in [3.63, 3.8) is 0 Å². The van der Waals surface area contributed by atoms with Crippen molar-refractivity contribution >= 4 is 39.2 Å². The molecule has 0 radical (unpaired) electrons. The fourth-order valence-corrected chi connectivity index (χ4v) is 4.71. The van der Waals surface area contributed by atoms with Crippen LogP contribution in [-0.4, -0.2) is 43.7 Å². The number of carbonyl (C=O) groups is 2. The highest BCUT2D eigenvalue weighted by Crippen LogP contribution is 2.29. The molecule has 3 rings (SSSR count). The monoisotopic (exact) mass is 539 g/mol. The largest absolute Gasteiger partial charge is 0.504 e. The second kappa shape index (κ2) is 10.8. The molecule has 0 saturated carbocycles. The van der Waals surface area contributed by atoms with Crippen molar-refractivity contribution in [1.82, 2.24) is 10.0 Å². The molecule has 0 aliphatic rings. The molecule has 1 unspecified atom stereocenters. The van der Waals surface area contributed by atoms with E-state index >= 15 is 0 Å². The molecule has 0 heterocycles. The van der Waals surface area contributed by atoms with Gasteiger partial charge in [-0.1, -0.05) is 23.7 Å². The Kier molecular flexibility index (Phi) is 8.00. The summed E-state index contributed by atoms with van der Waals surface area (Å²) in [6.45, 7) is 0. The minimum Gasteiger partial charge on any atom is -0.504 e. The number of hydrogen-bond acceptors (Lipinski definition) is 6. The molecule has 190 valence electrons. The first-order chi connectivity index (χ1) is 16.9. The van der Waals surface area contributed by atoms with Crippen LogP contribution < -0.4 is 14.9 Å². The van der Waals surface area contributed by atoms with Crippen LogP contribution in [-0.2, 0) is 21.2 Å². The zero-order valence-electron chi connectivity index (χ0n) is 18.6. The van der Waals surface area contributed by atoms with Crippen LogP contribution in [0.5, 0.6) is 11.5 Å². The van der Waals surface area contributed by atoms with E-state index in [9.17, 15) is 37.0 Å². The molecule has 0 saturated heterocycles. The average Bonchev–Trinajstić information content (AvgIpc) is 2.78. The maximum atomic E-state index is 13.7. The highest BCUT2D eigenvalue weighted by molar-refractivity contribution is 7.90. The van der Waals surface area contributed by atoms with Crippen LogP contribution >= 0.6 is 11.6 Å². The summed E-state index contributed by atoms with van der Waals surface area (Å²) in [6.07, 6.45) is -0.415. The molecule has 0 bridgehead atoms. The number of anilines is 1. The lowest BCUT2D eigenvalue weighted by atomic mass is 10.0. The van der Waals surface area contributed by atoms with Gasteiger partial charge in [0.1, 0.15) is 22.6 Å². The summed E-state index contributed by atoms with van der Waals surface area (Å²) in [6, 6.07) is 8.59. The number of urea groups is 1. The minimum atomic E-state index is -4.43. The van der Waals surface area contributed by atoms with Crippen molar-refractivity contribution in [2.75, 3.05) is 11.9 Å². The summed E-state index contributed by atoms with van der Waals surface area (Å²) in [5.74, 6) is -3.62. The molecule has 3 amide bonds. The van der Waals surface area contributed by atoms with E-state index in [-0.39, 0.29) is 21.2 Å². The number of rotatable bonds is 7. The van der Waals surface area contributed by atoms with E-state index < -0.39 is 57.6 Å². The van der Waals surface area contributed by atoms with Crippen LogP contribution in [0.2, 0.25) is 5.02 Å². The van der Waals surface area contributed by atoms with Crippen LogP contribution in [0.15, 0.2) is 65.6 Å². The standard InChI is InChI=1S/C23H20ClF2N3O6S/c1-29(16-6-7-19(30)20(31)12-16)22(32)18(10-13-8-14(25)11-15(26)9-13)27-23(33)28-36(34,35)21-5-3-2-4-17(21)24/h2-9,11-12,18,30-31H,10H2,1H3,(H2,27,28,33). The van der Waals surface area contributed by atoms with E-state index in [2.05, 4.69) is 5.32 Å². The molecule has 1 atom stereocenters. The number of hydrogen-bond donors (Lipinski definition) is 4. The van der Waals surface area contributed by atoms with Crippen molar-refractivity contribution in [2.45, 2.75) is 17.4 Å². The van der Waals surface area contributed by atoms with E-state index in [1.54, 1.807) is 4.72 Å². The summed E-state index contributed by atoms with van der Waals surface area (Å²) in [4.78, 5) is 26.4. The highest BCUT2D eigenvalue weighted by atomic mass is 35.5. The first-order valence-corrected chi connectivity index (χ1v) is 12.1. The summed E-state index contributed by atoms with van der Waals surface area (Å²) in [5.41, 5.74) is 0.110. The Balaban J connectivity index is 1.89. The lowest BCUT2D eigenvalue weighted by molar-refractivity contribution is -0.120. The normalized spacial score (nSPS) is 12.0. The van der Waals surface area contributed by atoms with E-state index in [1.165, 1.54) is 37.4 Å². The second-order valence-electron chi connectivity index (χ2n) is 7.61. The van der Waals surface area contributed by atoms with Gasteiger partial charge in [0.25, 0.3) is 10.0 Å². The van der Waals surface area contributed by atoms with Gasteiger partial charge in [0.15, 0.2) is 11.5 Å². The first-order valence-electron chi connectivity index (χ1n) is 10.2. The topological polar surface area (TPSA) is 136 Å². The molecule has 13 heteroatoms. The summed E-state index contributed by atoms with van der Waals surface area (Å²) >= 11 is 5.90. The van der Waals surface area contributed by atoms with Gasteiger partial charge in [-0.25, -0.2) is 26.7 Å². The molecule has 3 aromatic carbocycles. The lowest BCUT2D eigenvalue weighted by Crippen LogP contribution is -2.52. The average molecular weight is 540 g/mol. The quantitative estimate of drug-likeness (QED) is 0.340. The Morgan fingerprint density at radius 2 is 1.64 bits per heavy atom. The number of phenols is 2. The van der Waals surface area contributed by atoms with Gasteiger partial charge in [-0.2, -0.15) is 0 Å². The fraction of sp³-hybridized carbons (Fsp3) is 0.130. The van der Waals surface area contributed by atoms with Crippen LogP contribution in [0.3, 0.4) is 0 Å².